The second-order valence-electron chi connectivity index (χ2n) is 5.89. The van der Waals surface area contributed by atoms with Crippen LogP contribution in [0.1, 0.15) is 4.88 Å². The van der Waals surface area contributed by atoms with Gasteiger partial charge in [-0.15, -0.1) is 11.3 Å². The zero-order chi connectivity index (χ0) is 16.8. The number of piperazine rings is 1. The van der Waals surface area contributed by atoms with Gasteiger partial charge < -0.3 is 10.2 Å². The Labute approximate surface area is 152 Å². The molecule has 1 aliphatic heterocycles. The van der Waals surface area contributed by atoms with E-state index >= 15 is 0 Å². The van der Waals surface area contributed by atoms with Gasteiger partial charge in [-0.25, -0.2) is 0 Å². The van der Waals surface area contributed by atoms with Crippen LogP contribution in [0, 0.1) is 0 Å². The maximum atomic E-state index is 12.1. The highest BCUT2D eigenvalue weighted by Crippen LogP contribution is 2.25. The second-order valence-corrected chi connectivity index (χ2v) is 7.33. The van der Waals surface area contributed by atoms with Crippen molar-refractivity contribution in [1.82, 2.24) is 10.2 Å². The van der Waals surface area contributed by atoms with E-state index in [0.717, 1.165) is 43.3 Å². The molecule has 1 aromatic heterocycles. The molecule has 1 N–H and O–H groups in total. The number of nitrogens with one attached hydrogen (secondary N) is 1. The van der Waals surface area contributed by atoms with Gasteiger partial charge in [-0.2, -0.15) is 0 Å². The molecule has 0 bridgehead atoms. The number of amides is 1. The molecule has 0 saturated carbocycles. The van der Waals surface area contributed by atoms with Crippen LogP contribution in [0.5, 0.6) is 0 Å². The highest BCUT2D eigenvalue weighted by atomic mass is 35.5. The summed E-state index contributed by atoms with van der Waals surface area (Å²) in [4.78, 5) is 17.9. The molecule has 1 saturated heterocycles. The molecule has 1 amide bonds. The lowest BCUT2D eigenvalue weighted by Crippen LogP contribution is -2.49. The van der Waals surface area contributed by atoms with Gasteiger partial charge in [-0.05, 0) is 30.0 Å². The minimum Gasteiger partial charge on any atom is -0.368 e. The first-order valence-corrected chi connectivity index (χ1v) is 9.49. The second kappa shape index (κ2) is 8.51. The Balaban J connectivity index is 1.39. The Hall–Kier alpha value is -1.56. The van der Waals surface area contributed by atoms with Crippen molar-refractivity contribution in [2.75, 3.05) is 44.2 Å². The molecule has 4 nitrogen and oxygen atoms in total. The molecule has 2 heterocycles. The smallest absolute Gasteiger partial charge is 0.234 e. The first-order chi connectivity index (χ1) is 11.7. The molecule has 24 heavy (non-hydrogen) atoms. The molecule has 1 aromatic carbocycles. The van der Waals surface area contributed by atoms with E-state index in [-0.39, 0.29) is 5.91 Å². The number of para-hydroxylation sites is 1. The van der Waals surface area contributed by atoms with Crippen LogP contribution >= 0.6 is 22.9 Å². The highest BCUT2D eigenvalue weighted by Gasteiger charge is 2.20. The minimum atomic E-state index is 0.109. The first kappa shape index (κ1) is 17.3. The molecule has 0 atom stereocenters. The van der Waals surface area contributed by atoms with E-state index in [1.165, 1.54) is 4.88 Å². The van der Waals surface area contributed by atoms with E-state index in [0.29, 0.717) is 13.1 Å². The lowest BCUT2D eigenvalue weighted by Gasteiger charge is -2.36. The van der Waals surface area contributed by atoms with Gasteiger partial charge in [0.25, 0.3) is 0 Å². The topological polar surface area (TPSA) is 35.6 Å². The van der Waals surface area contributed by atoms with Gasteiger partial charge in [-0.3, -0.25) is 9.69 Å². The first-order valence-electron chi connectivity index (χ1n) is 8.23. The number of hydrogen-bond acceptors (Lipinski definition) is 4. The van der Waals surface area contributed by atoms with E-state index in [9.17, 15) is 4.79 Å². The fraction of sp³-hybridized carbons (Fsp3) is 0.389. The van der Waals surface area contributed by atoms with Crippen molar-refractivity contribution in [3.05, 3.63) is 51.7 Å². The number of halogens is 1. The minimum absolute atomic E-state index is 0.109. The average molecular weight is 364 g/mol. The highest BCUT2D eigenvalue weighted by molar-refractivity contribution is 7.09. The third-order valence-electron chi connectivity index (χ3n) is 4.21. The Morgan fingerprint density at radius 3 is 2.62 bits per heavy atom. The van der Waals surface area contributed by atoms with Crippen molar-refractivity contribution >= 4 is 34.5 Å². The van der Waals surface area contributed by atoms with Crippen LogP contribution in [0.4, 0.5) is 5.69 Å². The third-order valence-corrected chi connectivity index (χ3v) is 5.46. The number of benzene rings is 1. The molecule has 0 unspecified atom stereocenters. The van der Waals surface area contributed by atoms with Gasteiger partial charge in [0, 0.05) is 37.6 Å². The fourth-order valence-corrected chi connectivity index (χ4v) is 3.86. The molecule has 6 heteroatoms. The SMILES string of the molecule is O=C(CN1CCN(c2ccccc2Cl)CC1)NCCc1cccs1. The standard InChI is InChI=1S/C18H22ClN3OS/c19-16-5-1-2-6-17(16)22-11-9-21(10-12-22)14-18(23)20-8-7-15-4-3-13-24-15/h1-6,13H,7-12,14H2,(H,20,23). The summed E-state index contributed by atoms with van der Waals surface area (Å²) >= 11 is 7.99. The monoisotopic (exact) mass is 363 g/mol. The van der Waals surface area contributed by atoms with E-state index in [2.05, 4.69) is 32.6 Å². The summed E-state index contributed by atoms with van der Waals surface area (Å²) in [5.41, 5.74) is 1.08. The molecule has 0 radical (unpaired) electrons. The lowest BCUT2D eigenvalue weighted by atomic mass is 10.2. The molecular weight excluding hydrogens is 342 g/mol. The predicted octanol–water partition coefficient (Wildman–Crippen LogP) is 2.88. The van der Waals surface area contributed by atoms with E-state index < -0.39 is 0 Å². The number of carbonyl (C=O) groups is 1. The molecule has 0 aliphatic carbocycles. The molecule has 128 valence electrons. The number of anilines is 1. The van der Waals surface area contributed by atoms with Crippen molar-refractivity contribution in [3.63, 3.8) is 0 Å². The van der Waals surface area contributed by atoms with Crippen LogP contribution in [0.15, 0.2) is 41.8 Å². The number of nitrogens with zero attached hydrogens (tertiary/aromatic N) is 2. The van der Waals surface area contributed by atoms with Crippen molar-refractivity contribution in [2.24, 2.45) is 0 Å². The van der Waals surface area contributed by atoms with Gasteiger partial charge in [0.05, 0.1) is 17.3 Å². The zero-order valence-electron chi connectivity index (χ0n) is 13.6. The van der Waals surface area contributed by atoms with Gasteiger partial charge >= 0.3 is 0 Å². The third kappa shape index (κ3) is 4.72. The summed E-state index contributed by atoms with van der Waals surface area (Å²) in [7, 11) is 0. The number of carbonyl (C=O) groups excluding carboxylic acids is 1. The normalized spacial score (nSPS) is 15.5. The number of rotatable bonds is 6. The summed E-state index contributed by atoms with van der Waals surface area (Å²) < 4.78 is 0. The van der Waals surface area contributed by atoms with Gasteiger partial charge in [0.15, 0.2) is 0 Å². The summed E-state index contributed by atoms with van der Waals surface area (Å²) in [6, 6.07) is 12.1. The van der Waals surface area contributed by atoms with Crippen molar-refractivity contribution in [3.8, 4) is 0 Å². The van der Waals surface area contributed by atoms with E-state index in [1.807, 2.05) is 24.3 Å². The van der Waals surface area contributed by atoms with Crippen LogP contribution in [0.2, 0.25) is 5.02 Å². The van der Waals surface area contributed by atoms with Crippen molar-refractivity contribution in [1.29, 1.82) is 0 Å². The molecule has 2 aromatic rings. The molecular formula is C18H22ClN3OS. The van der Waals surface area contributed by atoms with E-state index in [4.69, 9.17) is 11.6 Å². The largest absolute Gasteiger partial charge is 0.368 e. The maximum Gasteiger partial charge on any atom is 0.234 e. The van der Waals surface area contributed by atoms with E-state index in [1.54, 1.807) is 11.3 Å². The Morgan fingerprint density at radius 2 is 1.92 bits per heavy atom. The van der Waals surface area contributed by atoms with Crippen LogP contribution in [0.3, 0.4) is 0 Å². The van der Waals surface area contributed by atoms with Crippen molar-refractivity contribution < 1.29 is 4.79 Å². The van der Waals surface area contributed by atoms with Crippen LogP contribution in [-0.2, 0) is 11.2 Å². The molecule has 0 spiro atoms. The molecule has 3 rings (SSSR count). The average Bonchev–Trinajstić information content (AvgIpc) is 3.10. The zero-order valence-corrected chi connectivity index (χ0v) is 15.2. The van der Waals surface area contributed by atoms with Gasteiger partial charge in [0.2, 0.25) is 5.91 Å². The summed E-state index contributed by atoms with van der Waals surface area (Å²) in [6.45, 7) is 4.73. The number of thiophene rings is 1. The molecule has 1 aliphatic rings. The Morgan fingerprint density at radius 1 is 1.12 bits per heavy atom. The van der Waals surface area contributed by atoms with Crippen LogP contribution < -0.4 is 10.2 Å². The summed E-state index contributed by atoms with van der Waals surface area (Å²) in [5.74, 6) is 0.109. The summed E-state index contributed by atoms with van der Waals surface area (Å²) in [6.07, 6.45) is 0.906. The number of hydrogen-bond donors (Lipinski definition) is 1. The maximum absolute atomic E-state index is 12.1. The predicted molar refractivity (Wildman–Crippen MR) is 101 cm³/mol. The van der Waals surface area contributed by atoms with Gasteiger partial charge in [-0.1, -0.05) is 29.8 Å². The lowest BCUT2D eigenvalue weighted by molar-refractivity contribution is -0.122. The van der Waals surface area contributed by atoms with Crippen molar-refractivity contribution in [2.45, 2.75) is 6.42 Å². The van der Waals surface area contributed by atoms with Crippen LogP contribution in [-0.4, -0.2) is 50.1 Å². The fourth-order valence-electron chi connectivity index (χ4n) is 2.89. The Kier molecular flexibility index (Phi) is 6.12. The Bertz CT molecular complexity index is 654. The van der Waals surface area contributed by atoms with Gasteiger partial charge in [0.1, 0.15) is 0 Å². The summed E-state index contributed by atoms with van der Waals surface area (Å²) in [5, 5.41) is 5.87. The van der Waals surface area contributed by atoms with Crippen LogP contribution in [0.25, 0.3) is 0 Å². The molecule has 1 fully saturated rings. The quantitative estimate of drug-likeness (QED) is 0.857.